The quantitative estimate of drug-likeness (QED) is 0.651. The van der Waals surface area contributed by atoms with Crippen molar-refractivity contribution >= 4 is 21.8 Å². The van der Waals surface area contributed by atoms with Crippen LogP contribution >= 0.6 is 0 Å². The summed E-state index contributed by atoms with van der Waals surface area (Å²) in [4.78, 5) is 11.7. The number of benzene rings is 1. The highest BCUT2D eigenvalue weighted by molar-refractivity contribution is 7.89. The Hall–Kier alpha value is -1.80. The molecule has 0 unspecified atom stereocenters. The van der Waals surface area contributed by atoms with E-state index in [9.17, 15) is 13.2 Å². The van der Waals surface area contributed by atoms with Crippen LogP contribution in [0.1, 0.15) is 33.6 Å². The number of carbonyl (C=O) groups is 1. The van der Waals surface area contributed by atoms with Gasteiger partial charge in [0.2, 0.25) is 10.0 Å². The summed E-state index contributed by atoms with van der Waals surface area (Å²) in [6, 6.07) is 6.62. The maximum atomic E-state index is 12.1. The third kappa shape index (κ3) is 6.37. The molecule has 1 aromatic rings. The third-order valence-corrected chi connectivity index (χ3v) is 4.72. The Balaban J connectivity index is 1.75. The number of hydrogen-bond acceptors (Lipinski definition) is 5. The first-order valence-corrected chi connectivity index (χ1v) is 9.47. The lowest BCUT2D eigenvalue weighted by Crippen LogP contribution is -2.35. The minimum Gasteiger partial charge on any atom is -0.444 e. The number of amides is 1. The minimum absolute atomic E-state index is 0.0896. The molecule has 8 heteroatoms. The van der Waals surface area contributed by atoms with Crippen LogP contribution in [0.3, 0.4) is 0 Å². The molecule has 0 spiro atoms. The van der Waals surface area contributed by atoms with E-state index in [1.54, 1.807) is 45.0 Å². The second-order valence-corrected chi connectivity index (χ2v) is 8.49. The number of alkyl carbamates (subject to hydrolysis) is 1. The number of rotatable bonds is 7. The second kappa shape index (κ2) is 7.40. The second-order valence-electron chi connectivity index (χ2n) is 6.78. The average molecular weight is 355 g/mol. The molecule has 0 aromatic heterocycles. The highest BCUT2D eigenvalue weighted by atomic mass is 32.2. The maximum Gasteiger partial charge on any atom is 0.407 e. The van der Waals surface area contributed by atoms with Gasteiger partial charge in [-0.15, -0.1) is 0 Å². The maximum absolute atomic E-state index is 12.1. The molecule has 1 amide bonds. The fourth-order valence-corrected chi connectivity index (χ4v) is 3.23. The Bertz CT molecular complexity index is 662. The summed E-state index contributed by atoms with van der Waals surface area (Å²) in [6.45, 7) is 6.32. The van der Waals surface area contributed by atoms with Crippen LogP contribution < -0.4 is 15.4 Å². The van der Waals surface area contributed by atoms with Gasteiger partial charge in [-0.2, -0.15) is 0 Å². The molecule has 1 fully saturated rings. The van der Waals surface area contributed by atoms with Gasteiger partial charge in [-0.3, -0.25) is 0 Å². The summed E-state index contributed by atoms with van der Waals surface area (Å²) >= 11 is 0. The zero-order valence-electron chi connectivity index (χ0n) is 14.3. The van der Waals surface area contributed by atoms with E-state index in [1.165, 1.54) is 0 Å². The van der Waals surface area contributed by atoms with Crippen LogP contribution in [0.4, 0.5) is 10.5 Å². The molecule has 134 valence electrons. The number of hydrogen-bond donors (Lipinski definition) is 3. The molecule has 2 rings (SSSR count). The molecular weight excluding hydrogens is 330 g/mol. The highest BCUT2D eigenvalue weighted by Gasteiger charge is 2.27. The van der Waals surface area contributed by atoms with Gasteiger partial charge in [-0.05, 0) is 57.9 Å². The number of sulfonamides is 1. The predicted octanol–water partition coefficient (Wildman–Crippen LogP) is 2.06. The van der Waals surface area contributed by atoms with E-state index in [0.29, 0.717) is 13.1 Å². The molecule has 0 atom stereocenters. The Labute approximate surface area is 143 Å². The Kier molecular flexibility index (Phi) is 5.71. The topological polar surface area (TPSA) is 96.5 Å². The van der Waals surface area contributed by atoms with E-state index < -0.39 is 21.7 Å². The standard InChI is InChI=1S/C16H25N3O4S/c1-16(2,3)23-15(20)18-11-10-17-12-6-8-14(9-7-12)24(21,22)19-13-4-5-13/h6-9,13,17,19H,4-5,10-11H2,1-3H3,(H,18,20). The van der Waals surface area contributed by atoms with E-state index in [-0.39, 0.29) is 10.9 Å². The Morgan fingerprint density at radius 3 is 2.33 bits per heavy atom. The summed E-state index contributed by atoms with van der Waals surface area (Å²) in [5, 5.41) is 5.75. The molecule has 3 N–H and O–H groups in total. The van der Waals surface area contributed by atoms with E-state index >= 15 is 0 Å². The van der Waals surface area contributed by atoms with Gasteiger partial charge >= 0.3 is 6.09 Å². The molecule has 0 radical (unpaired) electrons. The summed E-state index contributed by atoms with van der Waals surface area (Å²) in [5.41, 5.74) is 0.263. The van der Waals surface area contributed by atoms with Crippen LogP contribution in [0.25, 0.3) is 0 Å². The van der Waals surface area contributed by atoms with Gasteiger partial charge in [0.15, 0.2) is 0 Å². The van der Waals surface area contributed by atoms with Crippen LogP contribution in [0, 0.1) is 0 Å². The molecule has 0 heterocycles. The van der Waals surface area contributed by atoms with Crippen molar-refractivity contribution in [3.63, 3.8) is 0 Å². The molecule has 0 aliphatic heterocycles. The van der Waals surface area contributed by atoms with Crippen LogP contribution in [-0.4, -0.2) is 39.2 Å². The van der Waals surface area contributed by atoms with Gasteiger partial charge in [0, 0.05) is 24.8 Å². The van der Waals surface area contributed by atoms with Crippen molar-refractivity contribution in [2.75, 3.05) is 18.4 Å². The molecule has 1 aliphatic rings. The van der Waals surface area contributed by atoms with Crippen LogP contribution in [-0.2, 0) is 14.8 Å². The third-order valence-electron chi connectivity index (χ3n) is 3.19. The fourth-order valence-electron chi connectivity index (χ4n) is 1.93. The van der Waals surface area contributed by atoms with E-state index in [2.05, 4.69) is 15.4 Å². The van der Waals surface area contributed by atoms with Gasteiger partial charge in [0.25, 0.3) is 0 Å². The lowest BCUT2D eigenvalue weighted by molar-refractivity contribution is 0.0530. The van der Waals surface area contributed by atoms with Crippen molar-refractivity contribution < 1.29 is 17.9 Å². The van der Waals surface area contributed by atoms with Crippen molar-refractivity contribution in [2.45, 2.75) is 50.2 Å². The lowest BCUT2D eigenvalue weighted by atomic mass is 10.2. The van der Waals surface area contributed by atoms with Crippen molar-refractivity contribution in [1.29, 1.82) is 0 Å². The van der Waals surface area contributed by atoms with E-state index in [1.807, 2.05) is 0 Å². The molecule has 1 saturated carbocycles. The monoisotopic (exact) mass is 355 g/mol. The van der Waals surface area contributed by atoms with Crippen LogP contribution in [0.5, 0.6) is 0 Å². The van der Waals surface area contributed by atoms with Crippen LogP contribution in [0.2, 0.25) is 0 Å². The van der Waals surface area contributed by atoms with Gasteiger partial charge in [0.1, 0.15) is 5.60 Å². The lowest BCUT2D eigenvalue weighted by Gasteiger charge is -2.19. The number of ether oxygens (including phenoxy) is 1. The van der Waals surface area contributed by atoms with Gasteiger partial charge < -0.3 is 15.4 Å². The SMILES string of the molecule is CC(C)(C)OC(=O)NCCNc1ccc(S(=O)(=O)NC2CC2)cc1. The fraction of sp³-hybridized carbons (Fsp3) is 0.562. The zero-order valence-corrected chi connectivity index (χ0v) is 15.1. The van der Waals surface area contributed by atoms with E-state index in [4.69, 9.17) is 4.74 Å². The van der Waals surface area contributed by atoms with Crippen molar-refractivity contribution in [3.05, 3.63) is 24.3 Å². The van der Waals surface area contributed by atoms with E-state index in [0.717, 1.165) is 18.5 Å². The number of nitrogens with one attached hydrogen (secondary N) is 3. The van der Waals surface area contributed by atoms with Crippen molar-refractivity contribution in [3.8, 4) is 0 Å². The molecule has 1 aromatic carbocycles. The van der Waals surface area contributed by atoms with Gasteiger partial charge in [-0.1, -0.05) is 0 Å². The predicted molar refractivity (Wildman–Crippen MR) is 92.5 cm³/mol. The highest BCUT2D eigenvalue weighted by Crippen LogP contribution is 2.22. The summed E-state index contributed by atoms with van der Waals surface area (Å²) < 4.78 is 31.9. The van der Waals surface area contributed by atoms with Gasteiger partial charge in [-0.25, -0.2) is 17.9 Å². The largest absolute Gasteiger partial charge is 0.444 e. The van der Waals surface area contributed by atoms with Gasteiger partial charge in [0.05, 0.1) is 4.90 Å². The number of anilines is 1. The molecule has 0 saturated heterocycles. The average Bonchev–Trinajstić information content (AvgIpc) is 3.25. The van der Waals surface area contributed by atoms with Crippen molar-refractivity contribution in [1.82, 2.24) is 10.0 Å². The Morgan fingerprint density at radius 1 is 1.17 bits per heavy atom. The van der Waals surface area contributed by atoms with Crippen LogP contribution in [0.15, 0.2) is 29.2 Å². The first kappa shape index (κ1) is 18.5. The smallest absolute Gasteiger partial charge is 0.407 e. The molecular formula is C16H25N3O4S. The molecule has 7 nitrogen and oxygen atoms in total. The first-order chi connectivity index (χ1) is 11.2. The summed E-state index contributed by atoms with van der Waals surface area (Å²) in [5.74, 6) is 0. The normalized spacial score (nSPS) is 15.0. The minimum atomic E-state index is -3.42. The molecule has 1 aliphatic carbocycles. The first-order valence-electron chi connectivity index (χ1n) is 7.99. The molecule has 0 bridgehead atoms. The zero-order chi connectivity index (χ0) is 17.8. The molecule has 24 heavy (non-hydrogen) atoms. The summed E-state index contributed by atoms with van der Waals surface area (Å²) in [7, 11) is -3.42. The Morgan fingerprint density at radius 2 is 1.79 bits per heavy atom. The summed E-state index contributed by atoms with van der Waals surface area (Å²) in [6.07, 6.45) is 1.35. The van der Waals surface area contributed by atoms with Crippen molar-refractivity contribution in [2.24, 2.45) is 0 Å². The number of carbonyl (C=O) groups excluding carboxylic acids is 1.